The highest BCUT2D eigenvalue weighted by atomic mass is 35.5. The highest BCUT2D eigenvalue weighted by molar-refractivity contribution is 6.32. The molecule has 0 aliphatic heterocycles. The molecule has 6 aromatic carbocycles. The molecule has 0 atom stereocenters. The van der Waals surface area contributed by atoms with Gasteiger partial charge in [0.1, 0.15) is 24.7 Å². The Morgan fingerprint density at radius 3 is 1.29 bits per heavy atom. The topological polar surface area (TPSA) is 18.5 Å². The van der Waals surface area contributed by atoms with E-state index in [1.54, 1.807) is 0 Å². The van der Waals surface area contributed by atoms with Gasteiger partial charge in [-0.2, -0.15) is 0 Å². The minimum Gasteiger partial charge on any atom is -0.488 e. The number of fused-ring (bicyclic) bond motifs is 2. The number of hydrogen-bond acceptors (Lipinski definition) is 2. The maximum atomic E-state index is 6.55. The molecule has 0 fully saturated rings. The maximum absolute atomic E-state index is 6.55. The molecule has 0 N–H and O–H groups in total. The van der Waals surface area contributed by atoms with Crippen LogP contribution in [0, 0.1) is 24.7 Å². The lowest BCUT2D eigenvalue weighted by Crippen LogP contribution is -2.02. The van der Waals surface area contributed by atoms with Crippen LogP contribution in [-0.2, 0) is 13.2 Å². The molecule has 0 unspecified atom stereocenters. The predicted octanol–water partition coefficient (Wildman–Crippen LogP) is 10.1. The Morgan fingerprint density at radius 2 is 0.905 bits per heavy atom. The molecule has 2 nitrogen and oxygen atoms in total. The molecule has 0 saturated carbocycles. The summed E-state index contributed by atoms with van der Waals surface area (Å²) in [6, 6.07) is 35.2. The maximum Gasteiger partial charge on any atom is 0.129 e. The first-order valence-corrected chi connectivity index (χ1v) is 14.1. The molecular weight excluding hydrogens is 559 g/mol. The molecule has 0 heterocycles. The first-order chi connectivity index (χ1) is 20.6. The zero-order valence-corrected chi connectivity index (χ0v) is 24.0. The van der Waals surface area contributed by atoms with E-state index in [1.807, 2.05) is 109 Å². The van der Waals surface area contributed by atoms with Crippen molar-refractivity contribution in [2.24, 2.45) is 0 Å². The lowest BCUT2D eigenvalue weighted by Gasteiger charge is -2.21. The molecule has 6 aromatic rings. The van der Waals surface area contributed by atoms with E-state index in [-0.39, 0.29) is 0 Å². The fourth-order valence-corrected chi connectivity index (χ4v) is 5.54. The van der Waals surface area contributed by atoms with Crippen LogP contribution in [0.5, 0.6) is 11.5 Å². The quantitative estimate of drug-likeness (QED) is 0.174. The van der Waals surface area contributed by atoms with E-state index in [4.69, 9.17) is 45.5 Å². The fraction of sp³-hybridized carbons (Fsp3) is 0.0526. The van der Waals surface area contributed by atoms with Crippen molar-refractivity contribution in [2.45, 2.75) is 13.2 Å². The summed E-state index contributed by atoms with van der Waals surface area (Å²) in [5.74, 6) is 6.89. The van der Waals surface area contributed by atoms with Crippen molar-refractivity contribution < 1.29 is 9.47 Å². The highest BCUT2D eigenvalue weighted by Crippen LogP contribution is 2.48. The third kappa shape index (κ3) is 5.39. The average Bonchev–Trinajstić information content (AvgIpc) is 3.03. The van der Waals surface area contributed by atoms with E-state index in [0.29, 0.717) is 45.9 Å². The van der Waals surface area contributed by atoms with Crippen molar-refractivity contribution in [2.75, 3.05) is 0 Å². The molecule has 0 saturated heterocycles. The summed E-state index contributed by atoms with van der Waals surface area (Å²) in [5, 5.41) is 4.61. The normalized spacial score (nSPS) is 10.8. The Morgan fingerprint density at radius 1 is 0.500 bits per heavy atom. The molecule has 0 aromatic heterocycles. The molecule has 0 spiro atoms. The van der Waals surface area contributed by atoms with E-state index in [2.05, 4.69) is 11.8 Å². The van der Waals surface area contributed by atoms with Crippen LogP contribution in [0.1, 0.15) is 22.3 Å². The number of halogens is 2. The standard InChI is InChI=1S/C38H24Cl2O2/c1-3-27-19-35(41-23-25-11-7-5-8-12-25)37(31-17-15-29(39)21-33(27)31)38-32-18-16-30(40)22-34(32)28(4-2)20-36(38)42-24-26-13-9-6-10-14-26/h1-2,5-22H,23-24H2. The number of terminal acetylenes is 2. The minimum absolute atomic E-state index is 0.351. The van der Waals surface area contributed by atoms with Gasteiger partial charge in [0.25, 0.3) is 0 Å². The first kappa shape index (κ1) is 27.3. The van der Waals surface area contributed by atoms with Gasteiger partial charge < -0.3 is 9.47 Å². The Hall–Kier alpha value is -4.86. The average molecular weight is 584 g/mol. The van der Waals surface area contributed by atoms with E-state index >= 15 is 0 Å². The zero-order valence-electron chi connectivity index (χ0n) is 22.5. The van der Waals surface area contributed by atoms with Crippen molar-refractivity contribution >= 4 is 44.7 Å². The van der Waals surface area contributed by atoms with Crippen LogP contribution in [0.15, 0.2) is 109 Å². The summed E-state index contributed by atoms with van der Waals surface area (Å²) in [6.45, 7) is 0.701. The lowest BCUT2D eigenvalue weighted by molar-refractivity contribution is 0.303. The van der Waals surface area contributed by atoms with Crippen LogP contribution >= 0.6 is 23.2 Å². The van der Waals surface area contributed by atoms with Gasteiger partial charge in [0.2, 0.25) is 0 Å². The monoisotopic (exact) mass is 582 g/mol. The molecule has 0 amide bonds. The van der Waals surface area contributed by atoms with E-state index in [9.17, 15) is 0 Å². The second kappa shape index (κ2) is 11.9. The van der Waals surface area contributed by atoms with Gasteiger partial charge in [0.15, 0.2) is 0 Å². The molecule has 4 heteroatoms. The first-order valence-electron chi connectivity index (χ1n) is 13.4. The number of ether oxygens (including phenoxy) is 2. The Labute approximate surface area is 255 Å². The molecular formula is C38H24Cl2O2. The van der Waals surface area contributed by atoms with Crippen molar-refractivity contribution in [3.63, 3.8) is 0 Å². The van der Waals surface area contributed by atoms with E-state index < -0.39 is 0 Å². The second-order valence-electron chi connectivity index (χ2n) is 9.81. The lowest BCUT2D eigenvalue weighted by atomic mass is 9.89. The minimum atomic E-state index is 0.351. The SMILES string of the molecule is C#Cc1cc(OCc2ccccc2)c(-c2c(OCc3ccccc3)cc(C#C)c3cc(Cl)ccc23)c2ccc(Cl)cc12. The predicted molar refractivity (Wildman–Crippen MR) is 174 cm³/mol. The van der Waals surface area contributed by atoms with Crippen LogP contribution in [-0.4, -0.2) is 0 Å². The fourth-order valence-electron chi connectivity index (χ4n) is 5.19. The summed E-state index contributed by atoms with van der Waals surface area (Å²) in [5.41, 5.74) is 5.08. The Balaban J connectivity index is 1.66. The van der Waals surface area contributed by atoms with Gasteiger partial charge in [-0.15, -0.1) is 12.8 Å². The molecule has 0 aliphatic rings. The van der Waals surface area contributed by atoms with Gasteiger partial charge in [-0.3, -0.25) is 0 Å². The van der Waals surface area contributed by atoms with Gasteiger partial charge in [0.05, 0.1) is 0 Å². The van der Waals surface area contributed by atoms with Gasteiger partial charge in [-0.25, -0.2) is 0 Å². The third-order valence-corrected chi connectivity index (χ3v) is 7.63. The number of rotatable bonds is 7. The van der Waals surface area contributed by atoms with Crippen LogP contribution < -0.4 is 9.47 Å². The van der Waals surface area contributed by atoms with Crippen molar-refractivity contribution in [3.8, 4) is 47.3 Å². The van der Waals surface area contributed by atoms with Crippen molar-refractivity contribution in [1.82, 2.24) is 0 Å². The van der Waals surface area contributed by atoms with Crippen molar-refractivity contribution in [1.29, 1.82) is 0 Å². The summed E-state index contributed by atoms with van der Waals surface area (Å²) in [7, 11) is 0. The number of benzene rings is 6. The largest absolute Gasteiger partial charge is 0.488 e. The van der Waals surface area contributed by atoms with Gasteiger partial charge in [-0.1, -0.05) is 108 Å². The van der Waals surface area contributed by atoms with Gasteiger partial charge in [-0.05, 0) is 69.1 Å². The smallest absolute Gasteiger partial charge is 0.129 e. The summed E-state index contributed by atoms with van der Waals surface area (Å²) >= 11 is 12.9. The van der Waals surface area contributed by atoms with E-state index in [1.165, 1.54) is 0 Å². The van der Waals surface area contributed by atoms with Crippen LogP contribution in [0.2, 0.25) is 10.0 Å². The van der Waals surface area contributed by atoms with Crippen LogP contribution in [0.25, 0.3) is 32.7 Å². The zero-order chi connectivity index (χ0) is 29.1. The van der Waals surface area contributed by atoms with Crippen LogP contribution in [0.4, 0.5) is 0 Å². The summed E-state index contributed by atoms with van der Waals surface area (Å²) in [4.78, 5) is 0. The van der Waals surface area contributed by atoms with Crippen LogP contribution in [0.3, 0.4) is 0 Å². The molecule has 42 heavy (non-hydrogen) atoms. The van der Waals surface area contributed by atoms with E-state index in [0.717, 1.165) is 43.8 Å². The summed E-state index contributed by atoms with van der Waals surface area (Å²) in [6.07, 6.45) is 12.0. The Bertz CT molecular complexity index is 1870. The molecule has 6 rings (SSSR count). The molecule has 0 aliphatic carbocycles. The molecule has 202 valence electrons. The number of hydrogen-bond donors (Lipinski definition) is 0. The molecule has 0 bridgehead atoms. The van der Waals surface area contributed by atoms with Gasteiger partial charge in [0, 0.05) is 32.3 Å². The highest BCUT2D eigenvalue weighted by Gasteiger charge is 2.23. The van der Waals surface area contributed by atoms with Crippen molar-refractivity contribution in [3.05, 3.63) is 141 Å². The molecule has 0 radical (unpaired) electrons. The third-order valence-electron chi connectivity index (χ3n) is 7.16. The summed E-state index contributed by atoms with van der Waals surface area (Å²) < 4.78 is 13.1. The Kier molecular flexibility index (Phi) is 7.76. The second-order valence-corrected chi connectivity index (χ2v) is 10.7. The van der Waals surface area contributed by atoms with Gasteiger partial charge >= 0.3 is 0 Å².